The Morgan fingerprint density at radius 1 is 0.538 bits per heavy atom. The zero-order chi connectivity index (χ0) is 46.3. The molecule has 0 aliphatic heterocycles. The molecule has 12 nitrogen and oxygen atoms in total. The van der Waals surface area contributed by atoms with Gasteiger partial charge in [-0.3, -0.25) is 19.2 Å². The van der Waals surface area contributed by atoms with Crippen molar-refractivity contribution in [2.75, 3.05) is 37.8 Å². The standard InChI is InChI=1S/C49H44Cl2F2N8O4/c1-60(30-34-6-3-8-36(24-34)46(62)56-44-20-14-38(50)26-42(44)48(64)58-54-28-32-10-16-40(52)17-11-32)22-5-23-61(2)31-35-7-4-9-37(25-35)47(63)57-45-21-15-39(51)27-43(45)49(65)59-55-29-33-12-18-41(53)19-13-33/h3-4,6-21,24-29H,5,22-23,30-31H2,1-2H3,(H,56,62)(H,57,63)(H,58,64)(H,59,65). The van der Waals surface area contributed by atoms with Crippen molar-refractivity contribution in [1.29, 1.82) is 0 Å². The molecule has 0 aliphatic rings. The summed E-state index contributed by atoms with van der Waals surface area (Å²) in [5.41, 5.74) is 9.39. The van der Waals surface area contributed by atoms with E-state index in [0.717, 1.165) is 30.6 Å². The lowest BCUT2D eigenvalue weighted by Gasteiger charge is -2.21. The van der Waals surface area contributed by atoms with Crippen molar-refractivity contribution in [2.24, 2.45) is 10.2 Å². The number of hydrogen-bond donors (Lipinski definition) is 4. The lowest BCUT2D eigenvalue weighted by molar-refractivity contribution is 0.0947. The van der Waals surface area contributed by atoms with Gasteiger partial charge in [-0.1, -0.05) is 71.7 Å². The molecule has 0 unspecified atom stereocenters. The lowest BCUT2D eigenvalue weighted by Crippen LogP contribution is -2.25. The summed E-state index contributed by atoms with van der Waals surface area (Å²) in [5.74, 6) is -2.79. The number of hydrazone groups is 2. The van der Waals surface area contributed by atoms with Gasteiger partial charge in [0.1, 0.15) is 11.6 Å². The number of nitrogens with zero attached hydrogens (tertiary/aromatic N) is 4. The topological polar surface area (TPSA) is 148 Å². The molecule has 0 saturated carbocycles. The Labute approximate surface area is 384 Å². The van der Waals surface area contributed by atoms with Crippen molar-refractivity contribution in [2.45, 2.75) is 19.5 Å². The van der Waals surface area contributed by atoms with E-state index in [1.165, 1.54) is 73.1 Å². The number of hydrogen-bond acceptors (Lipinski definition) is 8. The van der Waals surface area contributed by atoms with Gasteiger partial charge in [0.15, 0.2) is 0 Å². The van der Waals surface area contributed by atoms with Gasteiger partial charge < -0.3 is 20.4 Å². The average Bonchev–Trinajstić information content (AvgIpc) is 3.29. The molecular weight excluding hydrogens is 873 g/mol. The summed E-state index contributed by atoms with van der Waals surface area (Å²) in [6.45, 7) is 2.71. The zero-order valence-corrected chi connectivity index (χ0v) is 36.8. The smallest absolute Gasteiger partial charge is 0.273 e. The van der Waals surface area contributed by atoms with Crippen LogP contribution in [0.5, 0.6) is 0 Å². The Hall–Kier alpha value is -7.10. The molecule has 6 rings (SSSR count). The van der Waals surface area contributed by atoms with Crippen LogP contribution in [0.4, 0.5) is 20.2 Å². The SMILES string of the molecule is CN(CCCN(C)Cc1cccc(C(=O)Nc2ccc(Cl)cc2C(=O)NN=Cc2ccc(F)cc2)c1)Cc1cccc(C(=O)Nc2ccc(Cl)cc2C(=O)NN=Cc2ccc(F)cc2)c1. The Balaban J connectivity index is 0.968. The monoisotopic (exact) mass is 916 g/mol. The predicted octanol–water partition coefficient (Wildman–Crippen LogP) is 9.26. The Kier molecular flexibility index (Phi) is 16.8. The van der Waals surface area contributed by atoms with Gasteiger partial charge in [0.2, 0.25) is 0 Å². The first-order valence-electron chi connectivity index (χ1n) is 20.2. The maximum Gasteiger partial charge on any atom is 0.273 e. The summed E-state index contributed by atoms with van der Waals surface area (Å²) in [4.78, 5) is 57.1. The maximum absolute atomic E-state index is 13.4. The minimum atomic E-state index is -0.596. The van der Waals surface area contributed by atoms with E-state index in [1.54, 1.807) is 60.7 Å². The molecule has 0 saturated heterocycles. The highest BCUT2D eigenvalue weighted by Crippen LogP contribution is 2.24. The Morgan fingerprint density at radius 2 is 0.938 bits per heavy atom. The van der Waals surface area contributed by atoms with E-state index in [2.05, 4.69) is 41.5 Å². The van der Waals surface area contributed by atoms with Crippen molar-refractivity contribution < 1.29 is 28.0 Å². The van der Waals surface area contributed by atoms with Crippen molar-refractivity contribution in [1.82, 2.24) is 20.7 Å². The minimum Gasteiger partial charge on any atom is -0.321 e. The van der Waals surface area contributed by atoms with Gasteiger partial charge >= 0.3 is 0 Å². The van der Waals surface area contributed by atoms with Gasteiger partial charge in [-0.05, 0) is 141 Å². The van der Waals surface area contributed by atoms with Crippen LogP contribution in [0.25, 0.3) is 0 Å². The maximum atomic E-state index is 13.4. The molecule has 0 spiro atoms. The van der Waals surface area contributed by atoms with Crippen LogP contribution >= 0.6 is 23.2 Å². The van der Waals surface area contributed by atoms with Crippen LogP contribution in [0.1, 0.15) is 70.1 Å². The number of carbonyl (C=O) groups is 4. The highest BCUT2D eigenvalue weighted by molar-refractivity contribution is 6.31. The summed E-state index contributed by atoms with van der Waals surface area (Å²) in [6.07, 6.45) is 3.59. The minimum absolute atomic E-state index is 0.112. The first-order chi connectivity index (χ1) is 31.3. The van der Waals surface area contributed by atoms with Gasteiger partial charge in [-0.25, -0.2) is 19.6 Å². The number of halogens is 4. The molecule has 6 aromatic rings. The fourth-order valence-corrected chi connectivity index (χ4v) is 6.92. The number of rotatable bonds is 18. The molecule has 4 N–H and O–H groups in total. The highest BCUT2D eigenvalue weighted by atomic mass is 35.5. The second kappa shape index (κ2) is 23.0. The number of carbonyl (C=O) groups excluding carboxylic acids is 4. The molecule has 0 heterocycles. The fraction of sp³-hybridized carbons (Fsp3) is 0.143. The second-order valence-electron chi connectivity index (χ2n) is 15.0. The van der Waals surface area contributed by atoms with Crippen LogP contribution in [0, 0.1) is 11.6 Å². The second-order valence-corrected chi connectivity index (χ2v) is 15.9. The predicted molar refractivity (Wildman–Crippen MR) is 252 cm³/mol. The summed E-state index contributed by atoms with van der Waals surface area (Å²) in [6, 6.07) is 34.8. The van der Waals surface area contributed by atoms with Crippen molar-refractivity contribution >= 4 is 70.6 Å². The molecule has 0 bridgehead atoms. The summed E-state index contributed by atoms with van der Waals surface area (Å²) < 4.78 is 26.4. The van der Waals surface area contributed by atoms with Crippen LogP contribution in [0.15, 0.2) is 144 Å². The normalized spacial score (nSPS) is 11.3. The van der Waals surface area contributed by atoms with Crippen LogP contribution in [-0.2, 0) is 13.1 Å². The zero-order valence-electron chi connectivity index (χ0n) is 35.3. The molecule has 6 aromatic carbocycles. The summed E-state index contributed by atoms with van der Waals surface area (Å²) in [7, 11) is 4.01. The summed E-state index contributed by atoms with van der Waals surface area (Å²) >= 11 is 12.4. The number of nitrogens with one attached hydrogen (secondary N) is 4. The highest BCUT2D eigenvalue weighted by Gasteiger charge is 2.18. The quantitative estimate of drug-likeness (QED) is 0.0500. The third-order valence-corrected chi connectivity index (χ3v) is 10.3. The average molecular weight is 918 g/mol. The largest absolute Gasteiger partial charge is 0.321 e. The van der Waals surface area contributed by atoms with Crippen LogP contribution < -0.4 is 21.5 Å². The Morgan fingerprint density at radius 3 is 1.34 bits per heavy atom. The molecule has 16 heteroatoms. The van der Waals surface area contributed by atoms with Crippen LogP contribution in [-0.4, -0.2) is 73.0 Å². The van der Waals surface area contributed by atoms with E-state index < -0.39 is 23.6 Å². The van der Waals surface area contributed by atoms with E-state index >= 15 is 0 Å². The lowest BCUT2D eigenvalue weighted by atomic mass is 10.1. The van der Waals surface area contributed by atoms with Gasteiger partial charge in [-0.2, -0.15) is 10.2 Å². The first kappa shape index (κ1) is 47.4. The van der Waals surface area contributed by atoms with Gasteiger partial charge in [0, 0.05) is 34.3 Å². The van der Waals surface area contributed by atoms with Crippen molar-refractivity contribution in [3.8, 4) is 0 Å². The van der Waals surface area contributed by atoms with E-state index in [1.807, 2.05) is 26.2 Å². The molecule has 0 atom stereocenters. The molecule has 0 aromatic heterocycles. The van der Waals surface area contributed by atoms with E-state index in [0.29, 0.717) is 45.4 Å². The molecule has 65 heavy (non-hydrogen) atoms. The summed E-state index contributed by atoms with van der Waals surface area (Å²) in [5, 5.41) is 14.1. The molecule has 0 radical (unpaired) electrons. The number of amides is 4. The van der Waals surface area contributed by atoms with Crippen molar-refractivity contribution in [3.63, 3.8) is 0 Å². The van der Waals surface area contributed by atoms with Gasteiger partial charge in [0.05, 0.1) is 34.9 Å². The molecule has 332 valence electrons. The van der Waals surface area contributed by atoms with Crippen LogP contribution in [0.3, 0.4) is 0 Å². The Bertz CT molecular complexity index is 2530. The van der Waals surface area contributed by atoms with Crippen LogP contribution in [0.2, 0.25) is 10.0 Å². The molecule has 0 aliphatic carbocycles. The first-order valence-corrected chi connectivity index (χ1v) is 21.0. The van der Waals surface area contributed by atoms with E-state index in [4.69, 9.17) is 23.2 Å². The third kappa shape index (κ3) is 14.5. The van der Waals surface area contributed by atoms with E-state index in [-0.39, 0.29) is 34.1 Å². The number of anilines is 2. The number of benzene rings is 6. The fourth-order valence-electron chi connectivity index (χ4n) is 6.58. The van der Waals surface area contributed by atoms with Gasteiger partial charge in [-0.15, -0.1) is 0 Å². The molecule has 0 fully saturated rings. The third-order valence-electron chi connectivity index (χ3n) is 9.81. The van der Waals surface area contributed by atoms with E-state index in [9.17, 15) is 28.0 Å². The molecule has 4 amide bonds. The molecular formula is C49H44Cl2F2N8O4. The van der Waals surface area contributed by atoms with Gasteiger partial charge in [0.25, 0.3) is 23.6 Å². The van der Waals surface area contributed by atoms with Crippen molar-refractivity contribution in [3.05, 3.63) is 200 Å².